The molecular formula is C14H8FN3O3. The number of non-ortho nitro benzene ring substituents is 1. The van der Waals surface area contributed by atoms with E-state index in [0.29, 0.717) is 6.07 Å². The smallest absolute Gasteiger partial charge is 0.272 e. The van der Waals surface area contributed by atoms with Crippen molar-refractivity contribution in [2.24, 2.45) is 0 Å². The van der Waals surface area contributed by atoms with Crippen LogP contribution < -0.4 is 5.32 Å². The maximum atomic E-state index is 13.7. The van der Waals surface area contributed by atoms with Gasteiger partial charge >= 0.3 is 0 Å². The minimum absolute atomic E-state index is 0.230. The van der Waals surface area contributed by atoms with Gasteiger partial charge in [0.15, 0.2) is 0 Å². The second-order valence-corrected chi connectivity index (χ2v) is 4.03. The van der Waals surface area contributed by atoms with Crippen LogP contribution in [0, 0.1) is 27.3 Å². The number of nitrogens with one attached hydrogen (secondary N) is 1. The van der Waals surface area contributed by atoms with Crippen molar-refractivity contribution < 1.29 is 14.1 Å². The van der Waals surface area contributed by atoms with Gasteiger partial charge in [-0.05, 0) is 18.2 Å². The fraction of sp³-hybridized carbons (Fsp3) is 0. The van der Waals surface area contributed by atoms with Crippen LogP contribution in [0.1, 0.15) is 15.9 Å². The lowest BCUT2D eigenvalue weighted by Crippen LogP contribution is -2.14. The topological polar surface area (TPSA) is 96.0 Å². The van der Waals surface area contributed by atoms with Gasteiger partial charge in [-0.15, -0.1) is 0 Å². The van der Waals surface area contributed by atoms with Crippen LogP contribution in [0.5, 0.6) is 0 Å². The molecule has 0 heterocycles. The zero-order chi connectivity index (χ0) is 15.4. The molecule has 0 aliphatic carbocycles. The predicted octanol–water partition coefficient (Wildman–Crippen LogP) is 2.86. The number of hydrogen-bond donors (Lipinski definition) is 1. The Balaban J connectivity index is 2.29. The molecule has 2 rings (SSSR count). The van der Waals surface area contributed by atoms with Crippen LogP contribution >= 0.6 is 0 Å². The van der Waals surface area contributed by atoms with Gasteiger partial charge in [0, 0.05) is 6.07 Å². The number of nitrogens with zero attached hydrogens (tertiary/aromatic N) is 2. The van der Waals surface area contributed by atoms with Crippen LogP contribution in [0.3, 0.4) is 0 Å². The molecule has 0 fully saturated rings. The molecule has 0 saturated heterocycles. The fourth-order valence-corrected chi connectivity index (χ4v) is 1.68. The number of benzene rings is 2. The highest BCUT2D eigenvalue weighted by molar-refractivity contribution is 6.05. The average molecular weight is 285 g/mol. The largest absolute Gasteiger partial charge is 0.321 e. The van der Waals surface area contributed by atoms with Gasteiger partial charge in [0.05, 0.1) is 27.8 Å². The summed E-state index contributed by atoms with van der Waals surface area (Å²) >= 11 is 0. The molecule has 0 aromatic heterocycles. The van der Waals surface area contributed by atoms with Gasteiger partial charge in [0.1, 0.15) is 11.9 Å². The molecule has 2 aromatic carbocycles. The van der Waals surface area contributed by atoms with Crippen molar-refractivity contribution in [3.8, 4) is 6.07 Å². The van der Waals surface area contributed by atoms with Crippen LogP contribution in [0.25, 0.3) is 0 Å². The second-order valence-electron chi connectivity index (χ2n) is 4.03. The number of carbonyl (C=O) groups is 1. The summed E-state index contributed by atoms with van der Waals surface area (Å²) in [5.74, 6) is -1.79. The Morgan fingerprint density at radius 3 is 2.62 bits per heavy atom. The molecule has 1 N–H and O–H groups in total. The Hall–Kier alpha value is -3.27. The van der Waals surface area contributed by atoms with E-state index in [1.165, 1.54) is 12.1 Å². The van der Waals surface area contributed by atoms with Crippen molar-refractivity contribution in [3.05, 3.63) is 69.5 Å². The Morgan fingerprint density at radius 1 is 1.29 bits per heavy atom. The average Bonchev–Trinajstić information content (AvgIpc) is 2.47. The van der Waals surface area contributed by atoms with Crippen molar-refractivity contribution in [2.45, 2.75) is 0 Å². The molecule has 0 aliphatic rings. The van der Waals surface area contributed by atoms with Crippen molar-refractivity contribution in [1.82, 2.24) is 0 Å². The summed E-state index contributed by atoms with van der Waals surface area (Å²) in [5, 5.41) is 21.8. The van der Waals surface area contributed by atoms with Crippen LogP contribution in [0.15, 0.2) is 42.5 Å². The quantitative estimate of drug-likeness (QED) is 0.692. The summed E-state index contributed by atoms with van der Waals surface area (Å²) < 4.78 is 13.7. The van der Waals surface area contributed by atoms with E-state index >= 15 is 0 Å². The maximum Gasteiger partial charge on any atom is 0.272 e. The Bertz CT molecular complexity index is 768. The van der Waals surface area contributed by atoms with Gasteiger partial charge in [0.2, 0.25) is 0 Å². The van der Waals surface area contributed by atoms with Gasteiger partial charge in [-0.3, -0.25) is 14.9 Å². The van der Waals surface area contributed by atoms with Crippen LogP contribution in [-0.4, -0.2) is 10.8 Å². The van der Waals surface area contributed by atoms with Crippen molar-refractivity contribution in [2.75, 3.05) is 5.32 Å². The molecule has 0 unspecified atom stereocenters. The third kappa shape index (κ3) is 3.01. The highest BCUT2D eigenvalue weighted by atomic mass is 19.1. The van der Waals surface area contributed by atoms with E-state index in [-0.39, 0.29) is 16.8 Å². The van der Waals surface area contributed by atoms with Crippen LogP contribution in [0.2, 0.25) is 0 Å². The lowest BCUT2D eigenvalue weighted by atomic mass is 10.1. The first-order valence-corrected chi connectivity index (χ1v) is 5.77. The number of halogens is 1. The molecule has 0 saturated carbocycles. The molecule has 2 aromatic rings. The van der Waals surface area contributed by atoms with Crippen molar-refractivity contribution >= 4 is 17.3 Å². The van der Waals surface area contributed by atoms with E-state index in [1.807, 2.05) is 6.07 Å². The fourth-order valence-electron chi connectivity index (χ4n) is 1.68. The molecular weight excluding hydrogens is 277 g/mol. The summed E-state index contributed by atoms with van der Waals surface area (Å²) in [6.45, 7) is 0. The highest BCUT2D eigenvalue weighted by Gasteiger charge is 2.17. The molecule has 0 bridgehead atoms. The summed E-state index contributed by atoms with van der Waals surface area (Å²) in [6.07, 6.45) is 0. The molecule has 7 heteroatoms. The van der Waals surface area contributed by atoms with Gasteiger partial charge in [0.25, 0.3) is 11.6 Å². The number of nitro groups is 1. The standard InChI is InChI=1S/C14H8FN3O3/c15-12-7-10(18(20)21)5-6-11(12)14(19)17-13-4-2-1-3-9(13)8-16/h1-7H,(H,17,19). The van der Waals surface area contributed by atoms with Gasteiger partial charge in [-0.25, -0.2) is 4.39 Å². The molecule has 6 nitrogen and oxygen atoms in total. The van der Waals surface area contributed by atoms with E-state index in [2.05, 4.69) is 5.32 Å². The molecule has 104 valence electrons. The first-order chi connectivity index (χ1) is 10.0. The van der Waals surface area contributed by atoms with Crippen LogP contribution in [0.4, 0.5) is 15.8 Å². The maximum absolute atomic E-state index is 13.7. The third-order valence-electron chi connectivity index (χ3n) is 2.70. The molecule has 1 amide bonds. The van der Waals surface area contributed by atoms with Gasteiger partial charge in [-0.2, -0.15) is 5.26 Å². The Kier molecular flexibility index (Phi) is 3.90. The first-order valence-electron chi connectivity index (χ1n) is 5.77. The van der Waals surface area contributed by atoms with Crippen molar-refractivity contribution in [1.29, 1.82) is 5.26 Å². The normalized spacial score (nSPS) is 9.71. The summed E-state index contributed by atoms with van der Waals surface area (Å²) in [6, 6.07) is 10.9. The SMILES string of the molecule is N#Cc1ccccc1NC(=O)c1ccc([N+](=O)[O-])cc1F. The zero-order valence-corrected chi connectivity index (χ0v) is 10.5. The molecule has 21 heavy (non-hydrogen) atoms. The Morgan fingerprint density at radius 2 is 2.00 bits per heavy atom. The van der Waals surface area contributed by atoms with E-state index in [4.69, 9.17) is 5.26 Å². The van der Waals surface area contributed by atoms with Gasteiger partial charge < -0.3 is 5.32 Å². The second kappa shape index (κ2) is 5.79. The minimum Gasteiger partial charge on any atom is -0.321 e. The monoisotopic (exact) mass is 285 g/mol. The lowest BCUT2D eigenvalue weighted by Gasteiger charge is -2.07. The number of hydrogen-bond acceptors (Lipinski definition) is 4. The first kappa shape index (κ1) is 14.1. The molecule has 0 aliphatic heterocycles. The van der Waals surface area contributed by atoms with E-state index in [9.17, 15) is 19.3 Å². The van der Waals surface area contributed by atoms with E-state index in [1.54, 1.807) is 12.1 Å². The lowest BCUT2D eigenvalue weighted by molar-refractivity contribution is -0.385. The van der Waals surface area contributed by atoms with Gasteiger partial charge in [-0.1, -0.05) is 12.1 Å². The van der Waals surface area contributed by atoms with E-state index < -0.39 is 22.3 Å². The van der Waals surface area contributed by atoms with E-state index in [0.717, 1.165) is 12.1 Å². The van der Waals surface area contributed by atoms with Crippen molar-refractivity contribution in [3.63, 3.8) is 0 Å². The third-order valence-corrected chi connectivity index (χ3v) is 2.70. The molecule has 0 radical (unpaired) electrons. The minimum atomic E-state index is -1.00. The summed E-state index contributed by atoms with van der Waals surface area (Å²) in [4.78, 5) is 21.7. The number of rotatable bonds is 3. The molecule has 0 spiro atoms. The number of para-hydroxylation sites is 1. The predicted molar refractivity (Wildman–Crippen MR) is 72.2 cm³/mol. The number of carbonyl (C=O) groups excluding carboxylic acids is 1. The number of anilines is 1. The highest BCUT2D eigenvalue weighted by Crippen LogP contribution is 2.19. The van der Waals surface area contributed by atoms with Crippen LogP contribution in [-0.2, 0) is 0 Å². The summed E-state index contributed by atoms with van der Waals surface area (Å²) in [7, 11) is 0. The number of nitriles is 1. The summed E-state index contributed by atoms with van der Waals surface area (Å²) in [5.41, 5.74) is -0.314. The molecule has 0 atom stereocenters. The Labute approximate surface area is 118 Å². The number of nitro benzene ring substituents is 1. The zero-order valence-electron chi connectivity index (χ0n) is 10.5. The number of amides is 1.